The highest BCUT2D eigenvalue weighted by atomic mass is 19.3. The summed E-state index contributed by atoms with van der Waals surface area (Å²) in [5, 5.41) is 12.0. The van der Waals surface area contributed by atoms with Crippen LogP contribution in [0.5, 0.6) is 0 Å². The van der Waals surface area contributed by atoms with Gasteiger partial charge in [-0.3, -0.25) is 4.79 Å². The molecule has 1 saturated heterocycles. The third-order valence-corrected chi connectivity index (χ3v) is 5.15. The average molecular weight is 422 g/mol. The van der Waals surface area contributed by atoms with E-state index in [1.165, 1.54) is 24.0 Å². The molecule has 1 heterocycles. The molecule has 0 spiro atoms. The number of amides is 1. The molecule has 0 radical (unpaired) electrons. The van der Waals surface area contributed by atoms with E-state index in [9.17, 15) is 18.7 Å². The smallest absolute Gasteiger partial charge is 0.312 e. The number of nitrogens with one attached hydrogen (secondary N) is 1. The third-order valence-electron chi connectivity index (χ3n) is 5.15. The first kappa shape index (κ1) is 21.8. The number of likely N-dealkylation sites (tertiary alicyclic amines) is 1. The van der Waals surface area contributed by atoms with Crippen LogP contribution in [0.1, 0.15) is 34.3 Å². The van der Waals surface area contributed by atoms with E-state index in [0.29, 0.717) is 24.5 Å². The summed E-state index contributed by atoms with van der Waals surface area (Å²) < 4.78 is 57.5. The Kier molecular flexibility index (Phi) is 6.17. The molecule has 30 heavy (non-hydrogen) atoms. The summed E-state index contributed by atoms with van der Waals surface area (Å²) >= 11 is 0. The second kappa shape index (κ2) is 8.47. The third kappa shape index (κ3) is 4.64. The van der Waals surface area contributed by atoms with E-state index in [4.69, 9.17) is 0 Å². The molecule has 2 aromatic carbocycles. The highest BCUT2D eigenvalue weighted by Crippen LogP contribution is 2.38. The number of benzene rings is 2. The van der Waals surface area contributed by atoms with Crippen LogP contribution in [0.2, 0.25) is 0 Å². The van der Waals surface area contributed by atoms with Gasteiger partial charge in [-0.25, -0.2) is 8.78 Å². The molecular weight excluding hydrogens is 400 g/mol. The Morgan fingerprint density at radius 3 is 2.47 bits per heavy atom. The predicted octanol–water partition coefficient (Wildman–Crippen LogP) is 4.59. The van der Waals surface area contributed by atoms with Gasteiger partial charge in [-0.05, 0) is 61.7 Å². The number of allylic oxidation sites excluding steroid dienone is 1. The number of rotatable bonds is 5. The Morgan fingerprint density at radius 1 is 1.17 bits per heavy atom. The summed E-state index contributed by atoms with van der Waals surface area (Å²) in [6.07, 6.45) is 0.133. The fourth-order valence-corrected chi connectivity index (χ4v) is 3.33. The molecule has 4 nitrogen and oxygen atoms in total. The zero-order chi connectivity index (χ0) is 22.1. The topological polar surface area (TPSA) is 52.6 Å². The van der Waals surface area contributed by atoms with E-state index in [1.54, 1.807) is 0 Å². The molecule has 0 saturated carbocycles. The second-order valence-corrected chi connectivity index (χ2v) is 7.39. The van der Waals surface area contributed by atoms with Crippen LogP contribution in [-0.2, 0) is 5.92 Å². The highest BCUT2D eigenvalue weighted by Gasteiger charge is 2.40. The molecule has 0 bridgehead atoms. The van der Waals surface area contributed by atoms with Gasteiger partial charge in [0, 0.05) is 29.9 Å². The molecule has 1 fully saturated rings. The van der Waals surface area contributed by atoms with Gasteiger partial charge in [-0.1, -0.05) is 6.58 Å². The number of anilines is 1. The van der Waals surface area contributed by atoms with Gasteiger partial charge in [0.25, 0.3) is 5.91 Å². The van der Waals surface area contributed by atoms with Crippen LogP contribution in [0.25, 0.3) is 0 Å². The summed E-state index contributed by atoms with van der Waals surface area (Å²) in [6.45, 7) is 5.41. The SMILES string of the molecule is C=C(N1CCC(O)CC1)C(F)(F)c1cc(F)cc(C(=O)Nc2ccc(F)c(C)c2)c1. The number of aryl methyl sites for hydroxylation is 1. The van der Waals surface area contributed by atoms with Crippen molar-refractivity contribution in [2.45, 2.75) is 31.8 Å². The van der Waals surface area contributed by atoms with Gasteiger partial charge in [0.15, 0.2) is 0 Å². The van der Waals surface area contributed by atoms with Gasteiger partial charge < -0.3 is 15.3 Å². The molecular formula is C22H22F4N2O2. The number of piperidine rings is 1. The zero-order valence-corrected chi connectivity index (χ0v) is 16.4. The van der Waals surface area contributed by atoms with Crippen LogP contribution in [-0.4, -0.2) is 35.1 Å². The molecule has 1 aliphatic rings. The minimum absolute atomic E-state index is 0.210. The fraction of sp³-hybridized carbons (Fsp3) is 0.318. The van der Waals surface area contributed by atoms with Gasteiger partial charge in [-0.15, -0.1) is 0 Å². The Morgan fingerprint density at radius 2 is 1.83 bits per heavy atom. The molecule has 1 aliphatic heterocycles. The summed E-state index contributed by atoms with van der Waals surface area (Å²) in [5.74, 6) is -5.85. The van der Waals surface area contributed by atoms with E-state index in [1.807, 2.05) is 0 Å². The van der Waals surface area contributed by atoms with Crippen molar-refractivity contribution in [3.63, 3.8) is 0 Å². The average Bonchev–Trinajstić information content (AvgIpc) is 2.70. The van der Waals surface area contributed by atoms with Crippen molar-refractivity contribution in [2.75, 3.05) is 18.4 Å². The van der Waals surface area contributed by atoms with Gasteiger partial charge >= 0.3 is 5.92 Å². The Balaban J connectivity index is 1.83. The van der Waals surface area contributed by atoms with E-state index in [-0.39, 0.29) is 24.3 Å². The Hall–Kier alpha value is -2.87. The van der Waals surface area contributed by atoms with Crippen LogP contribution in [0.3, 0.4) is 0 Å². The standard InChI is InChI=1S/C22H22F4N2O2/c1-13-9-18(3-4-20(13)24)27-21(30)15-10-16(12-17(23)11-15)22(25,26)14(2)28-7-5-19(29)6-8-28/h3-4,9-12,19,29H,2,5-8H2,1H3,(H,27,30). The van der Waals surface area contributed by atoms with Crippen molar-refractivity contribution in [3.05, 3.63) is 77.0 Å². The molecule has 2 N–H and O–H groups in total. The Bertz CT molecular complexity index is 970. The molecule has 0 atom stereocenters. The van der Waals surface area contributed by atoms with E-state index in [2.05, 4.69) is 11.9 Å². The molecule has 1 amide bonds. The molecule has 0 aromatic heterocycles. The number of nitrogens with zero attached hydrogens (tertiary/aromatic N) is 1. The van der Waals surface area contributed by atoms with E-state index >= 15 is 8.78 Å². The minimum atomic E-state index is -3.61. The quantitative estimate of drug-likeness (QED) is 0.694. The fourth-order valence-electron chi connectivity index (χ4n) is 3.33. The number of aliphatic hydroxyl groups is 1. The van der Waals surface area contributed by atoms with Crippen molar-refractivity contribution in [1.82, 2.24) is 4.90 Å². The van der Waals surface area contributed by atoms with E-state index < -0.39 is 40.8 Å². The number of carbonyl (C=O) groups is 1. The van der Waals surface area contributed by atoms with Crippen LogP contribution in [0.15, 0.2) is 48.7 Å². The van der Waals surface area contributed by atoms with Crippen LogP contribution < -0.4 is 5.32 Å². The molecule has 0 aliphatic carbocycles. The summed E-state index contributed by atoms with van der Waals surface area (Å²) in [4.78, 5) is 13.8. The lowest BCUT2D eigenvalue weighted by Gasteiger charge is -2.36. The maximum atomic E-state index is 15.0. The number of carbonyl (C=O) groups excluding carboxylic acids is 1. The molecule has 8 heteroatoms. The van der Waals surface area contributed by atoms with Gasteiger partial charge in [-0.2, -0.15) is 8.78 Å². The maximum absolute atomic E-state index is 15.0. The number of hydrogen-bond donors (Lipinski definition) is 2. The molecule has 2 aromatic rings. The number of alkyl halides is 2. The number of hydrogen-bond acceptors (Lipinski definition) is 3. The van der Waals surface area contributed by atoms with Crippen molar-refractivity contribution in [2.24, 2.45) is 0 Å². The largest absolute Gasteiger partial charge is 0.393 e. The minimum Gasteiger partial charge on any atom is -0.393 e. The lowest BCUT2D eigenvalue weighted by atomic mass is 9.99. The first-order valence-electron chi connectivity index (χ1n) is 9.46. The Labute approximate surface area is 171 Å². The van der Waals surface area contributed by atoms with E-state index in [0.717, 1.165) is 18.2 Å². The van der Waals surface area contributed by atoms with Gasteiger partial charge in [0.05, 0.1) is 11.8 Å². The lowest BCUT2D eigenvalue weighted by molar-refractivity contribution is -0.00633. The molecule has 0 unspecified atom stereocenters. The summed E-state index contributed by atoms with van der Waals surface area (Å²) in [6, 6.07) is 6.30. The number of aliphatic hydroxyl groups excluding tert-OH is 1. The van der Waals surface area contributed by atoms with Crippen molar-refractivity contribution in [3.8, 4) is 0 Å². The molecule has 160 valence electrons. The summed E-state index contributed by atoms with van der Waals surface area (Å²) in [5.41, 5.74) is -0.955. The second-order valence-electron chi connectivity index (χ2n) is 7.39. The van der Waals surface area contributed by atoms with Crippen LogP contribution in [0.4, 0.5) is 23.2 Å². The monoisotopic (exact) mass is 422 g/mol. The van der Waals surface area contributed by atoms with Crippen molar-refractivity contribution in [1.29, 1.82) is 0 Å². The number of halogens is 4. The first-order valence-corrected chi connectivity index (χ1v) is 9.46. The predicted molar refractivity (Wildman–Crippen MR) is 105 cm³/mol. The zero-order valence-electron chi connectivity index (χ0n) is 16.4. The van der Waals surface area contributed by atoms with Crippen LogP contribution >= 0.6 is 0 Å². The van der Waals surface area contributed by atoms with Crippen molar-refractivity contribution >= 4 is 11.6 Å². The summed E-state index contributed by atoms with van der Waals surface area (Å²) in [7, 11) is 0. The normalized spacial score (nSPS) is 15.2. The van der Waals surface area contributed by atoms with Crippen molar-refractivity contribution < 1.29 is 27.5 Å². The first-order chi connectivity index (χ1) is 14.1. The maximum Gasteiger partial charge on any atom is 0.312 e. The highest BCUT2D eigenvalue weighted by molar-refractivity contribution is 6.04. The lowest BCUT2D eigenvalue weighted by Crippen LogP contribution is -2.39. The van der Waals surface area contributed by atoms with Crippen LogP contribution in [0, 0.1) is 18.6 Å². The van der Waals surface area contributed by atoms with Gasteiger partial charge in [0.1, 0.15) is 11.6 Å². The molecule has 3 rings (SSSR count). The van der Waals surface area contributed by atoms with Gasteiger partial charge in [0.2, 0.25) is 0 Å².